The van der Waals surface area contributed by atoms with Crippen LogP contribution in [-0.4, -0.2) is 40.6 Å². The van der Waals surface area contributed by atoms with E-state index < -0.39 is 38.1 Å². The maximum atomic E-state index is 12.4. The first kappa shape index (κ1) is 47.9. The molecule has 2 heterocycles. The number of hydrogen-bond donors (Lipinski definition) is 0. The number of esters is 2. The quantitative estimate of drug-likeness (QED) is 0.0579. The molecule has 0 radical (unpaired) electrons. The Morgan fingerprint density at radius 3 is 1.40 bits per heavy atom. The van der Waals surface area contributed by atoms with E-state index in [4.69, 9.17) is 23.2 Å². The summed E-state index contributed by atoms with van der Waals surface area (Å²) in [5, 5.41) is 0. The zero-order valence-corrected chi connectivity index (χ0v) is 33.6. The van der Waals surface area contributed by atoms with Crippen molar-refractivity contribution in [3.63, 3.8) is 0 Å². The van der Waals surface area contributed by atoms with Gasteiger partial charge in [0.05, 0.1) is 13.2 Å². The van der Waals surface area contributed by atoms with Gasteiger partial charge in [-0.05, 0) is 82.1 Å². The Kier molecular flexibility index (Phi) is 24.0. The second-order valence-corrected chi connectivity index (χ2v) is 13.7. The van der Waals surface area contributed by atoms with Crippen LogP contribution in [0.15, 0.2) is 46.8 Å². The molecule has 0 N–H and O–H groups in total. The molecule has 0 saturated heterocycles. The van der Waals surface area contributed by atoms with E-state index in [1.807, 2.05) is 33.8 Å². The topological polar surface area (TPSA) is 206 Å². The van der Waals surface area contributed by atoms with Gasteiger partial charge in [0, 0.05) is 29.9 Å². The summed E-state index contributed by atoms with van der Waals surface area (Å²) in [7, 11) is 0. The number of hydrogen-bond acceptors (Lipinski definition) is 11. The molecule has 0 saturated carbocycles. The molecule has 0 aliphatic heterocycles. The van der Waals surface area contributed by atoms with Crippen molar-refractivity contribution in [1.82, 2.24) is 9.13 Å². The van der Waals surface area contributed by atoms with Crippen LogP contribution in [0, 0.1) is 25.7 Å². The molecule has 0 aromatic carbocycles. The van der Waals surface area contributed by atoms with Crippen LogP contribution >= 0.6 is 0 Å². The maximum Gasteiger partial charge on any atom is 1.00 e. The third kappa shape index (κ3) is 18.5. The van der Waals surface area contributed by atoms with Crippen molar-refractivity contribution in [3.05, 3.63) is 80.1 Å². The number of rotatable bonds is 14. The summed E-state index contributed by atoms with van der Waals surface area (Å²) in [4.78, 5) is 59.8. The molecule has 2 aromatic heterocycles. The number of ether oxygens (including phenoxy) is 2. The van der Waals surface area contributed by atoms with Gasteiger partial charge >= 0.3 is 41.5 Å². The van der Waals surface area contributed by atoms with Crippen molar-refractivity contribution >= 4 is 18.2 Å². The van der Waals surface area contributed by atoms with Crippen molar-refractivity contribution in [2.75, 3.05) is 13.2 Å². The minimum Gasteiger partial charge on any atom is -0.464 e. The van der Waals surface area contributed by atoms with Crippen LogP contribution in [0.5, 0.6) is 0 Å². The number of carbonyl (C=O) groups excluding carboxylic acids is 3. The van der Waals surface area contributed by atoms with Crippen LogP contribution in [0.2, 0.25) is 0 Å². The molecule has 13 nitrogen and oxygen atoms in total. The second kappa shape index (κ2) is 24.1. The SMILES string of the molecule is C=CCc1cc(C)c(=O)n(C(CC(C)C)C(=O)OCC)c1.CCOC(=O)C(CC(C)C)n1cc(CC=O)cc(C)c1=O.[Na+].[O-][I+3]([O-])([O-])[O-]. The summed E-state index contributed by atoms with van der Waals surface area (Å²) in [6.45, 7) is 19.3. The minimum absolute atomic E-state index is 0. The Balaban J connectivity index is 0. The van der Waals surface area contributed by atoms with Gasteiger partial charge in [0.2, 0.25) is 0 Å². The largest absolute Gasteiger partial charge is 1.00 e. The fraction of sp³-hybridized carbons (Fsp3) is 0.545. The van der Waals surface area contributed by atoms with Gasteiger partial charge in [0.15, 0.2) is 0 Å². The molecule has 15 heteroatoms. The molecule has 2 aromatic rings. The molecule has 48 heavy (non-hydrogen) atoms. The summed E-state index contributed by atoms with van der Waals surface area (Å²) in [5.41, 5.74) is 2.49. The summed E-state index contributed by atoms with van der Waals surface area (Å²) in [6, 6.07) is 2.31. The van der Waals surface area contributed by atoms with E-state index in [1.54, 1.807) is 52.2 Å². The van der Waals surface area contributed by atoms with Gasteiger partial charge in [0.1, 0.15) is 38.5 Å². The van der Waals surface area contributed by atoms with E-state index in [2.05, 4.69) is 6.58 Å². The van der Waals surface area contributed by atoms with Crippen molar-refractivity contribution < 1.29 is 87.3 Å². The van der Waals surface area contributed by atoms with Gasteiger partial charge in [-0.1, -0.05) is 33.8 Å². The summed E-state index contributed by atoms with van der Waals surface area (Å²) < 4.78 is 47.6. The molecular formula is C33H48IN2NaO11. The van der Waals surface area contributed by atoms with Crippen LogP contribution in [-0.2, 0) is 36.7 Å². The molecular weight excluding hydrogens is 750 g/mol. The fourth-order valence-electron chi connectivity index (χ4n) is 4.60. The van der Waals surface area contributed by atoms with E-state index in [1.165, 1.54) is 9.13 Å². The van der Waals surface area contributed by atoms with Crippen molar-refractivity contribution in [3.8, 4) is 0 Å². The van der Waals surface area contributed by atoms with Gasteiger partial charge in [-0.2, -0.15) is 0 Å². The van der Waals surface area contributed by atoms with E-state index in [-0.39, 0.29) is 71.5 Å². The predicted molar refractivity (Wildman–Crippen MR) is 165 cm³/mol. The van der Waals surface area contributed by atoms with Crippen LogP contribution < -0.4 is 74.5 Å². The number of nitrogens with zero attached hydrogens (tertiary/aromatic N) is 2. The van der Waals surface area contributed by atoms with Crippen LogP contribution in [0.3, 0.4) is 0 Å². The number of aldehydes is 1. The van der Waals surface area contributed by atoms with Gasteiger partial charge in [-0.3, -0.25) is 23.3 Å². The first-order valence-electron chi connectivity index (χ1n) is 15.2. The molecule has 0 aliphatic rings. The van der Waals surface area contributed by atoms with Crippen molar-refractivity contribution in [2.24, 2.45) is 11.8 Å². The first-order chi connectivity index (χ1) is 21.8. The van der Waals surface area contributed by atoms with E-state index in [0.717, 1.165) is 17.4 Å². The maximum absolute atomic E-state index is 12.4. The Labute approximate surface area is 311 Å². The van der Waals surface area contributed by atoms with Gasteiger partial charge in [-0.25, -0.2) is 9.59 Å². The zero-order chi connectivity index (χ0) is 36.5. The zero-order valence-electron chi connectivity index (χ0n) is 29.5. The molecule has 2 rings (SSSR count). The Bertz CT molecular complexity index is 1320. The van der Waals surface area contributed by atoms with E-state index >= 15 is 0 Å². The fourth-order valence-corrected chi connectivity index (χ4v) is 4.60. The number of aryl methyl sites for hydroxylation is 2. The number of carbonyl (C=O) groups is 3. The van der Waals surface area contributed by atoms with Crippen molar-refractivity contribution in [2.45, 2.75) is 93.2 Å². The standard InChI is InChI=1S/C17H25NO3.C16H23NO4.IO4.Na/c1-6-8-14-10-13(5)16(19)18(11-14)15(9-12(3)4)17(20)21-7-2;1-5-21-16(20)14(8-11(2)3)17-10-13(6-7-18)9-12(4)15(17)19;2-1(3,4)5;/h6,10-12,15H,1,7-9H2,2-5H3;7,9-11,14H,5-6,8H2,1-4H3;;/q;;-1;+1. The first-order valence-corrected chi connectivity index (χ1v) is 18.8. The Morgan fingerprint density at radius 2 is 1.12 bits per heavy atom. The van der Waals surface area contributed by atoms with Crippen LogP contribution in [0.1, 0.15) is 88.7 Å². The smallest absolute Gasteiger partial charge is 0.464 e. The van der Waals surface area contributed by atoms with Crippen LogP contribution in [0.25, 0.3) is 0 Å². The van der Waals surface area contributed by atoms with Gasteiger partial charge in [0.25, 0.3) is 11.1 Å². The minimum atomic E-state index is -5.94. The summed E-state index contributed by atoms with van der Waals surface area (Å²) in [6.07, 6.45) is 7.89. The number of pyridine rings is 2. The molecule has 2 unspecified atom stereocenters. The molecule has 264 valence electrons. The monoisotopic (exact) mass is 798 g/mol. The number of allylic oxidation sites excluding steroid dienone is 1. The van der Waals surface area contributed by atoms with Gasteiger partial charge < -0.3 is 23.4 Å². The molecule has 0 spiro atoms. The normalized spacial score (nSPS) is 12.0. The Hall–Kier alpha value is -2.18. The van der Waals surface area contributed by atoms with Gasteiger partial charge in [-0.15, -0.1) is 6.58 Å². The van der Waals surface area contributed by atoms with E-state index in [9.17, 15) is 24.0 Å². The third-order valence-electron chi connectivity index (χ3n) is 6.43. The summed E-state index contributed by atoms with van der Waals surface area (Å²) in [5.74, 6) is -0.226. The molecule has 0 fully saturated rings. The van der Waals surface area contributed by atoms with Crippen molar-refractivity contribution in [1.29, 1.82) is 0 Å². The molecule has 0 amide bonds. The number of halogens is 1. The summed E-state index contributed by atoms with van der Waals surface area (Å²) >= 11 is -5.94. The number of aromatic nitrogens is 2. The Morgan fingerprint density at radius 1 is 0.792 bits per heavy atom. The van der Waals surface area contributed by atoms with E-state index in [0.29, 0.717) is 37.0 Å². The average Bonchev–Trinajstić information content (AvgIpc) is 2.94. The van der Waals surface area contributed by atoms with Crippen LogP contribution in [0.4, 0.5) is 0 Å². The average molecular weight is 799 g/mol. The second-order valence-electron chi connectivity index (χ2n) is 11.5. The molecule has 2 atom stereocenters. The third-order valence-corrected chi connectivity index (χ3v) is 6.43. The molecule has 0 bridgehead atoms. The predicted octanol–water partition coefficient (Wildman–Crippen LogP) is -5.66. The molecule has 0 aliphatic carbocycles.